The van der Waals surface area contributed by atoms with Gasteiger partial charge in [0.2, 0.25) is 0 Å². The Labute approximate surface area is 207 Å². The van der Waals surface area contributed by atoms with Gasteiger partial charge < -0.3 is 19.0 Å². The summed E-state index contributed by atoms with van der Waals surface area (Å²) in [5, 5.41) is 20.8. The Morgan fingerprint density at radius 2 is 1.94 bits per heavy atom. The van der Waals surface area contributed by atoms with Gasteiger partial charge in [0.1, 0.15) is 24.0 Å². The zero-order valence-electron chi connectivity index (χ0n) is 18.6. The number of hydrogen-bond donors (Lipinski definition) is 1. The zero-order chi connectivity index (χ0) is 25.1. The molecule has 11 heteroatoms. The summed E-state index contributed by atoms with van der Waals surface area (Å²) in [5.74, 6) is 0.958. The van der Waals surface area contributed by atoms with Crippen molar-refractivity contribution < 1.29 is 27.4 Å². The number of nitrogens with zero attached hydrogens (tertiary/aromatic N) is 2. The van der Waals surface area contributed by atoms with Gasteiger partial charge in [-0.1, -0.05) is 23.7 Å². The van der Waals surface area contributed by atoms with Gasteiger partial charge in [-0.15, -0.1) is 11.6 Å². The molecule has 0 saturated carbocycles. The van der Waals surface area contributed by atoms with Crippen LogP contribution < -0.4 is 9.47 Å². The van der Waals surface area contributed by atoms with Crippen molar-refractivity contribution in [1.82, 2.24) is 4.98 Å². The van der Waals surface area contributed by atoms with E-state index in [4.69, 9.17) is 37.1 Å². The minimum Gasteiger partial charge on any atom is -0.489 e. The smallest absolute Gasteiger partial charge is 0.200 e. The molecule has 0 aliphatic rings. The molecule has 0 aliphatic carbocycles. The molecule has 8 nitrogen and oxygen atoms in total. The summed E-state index contributed by atoms with van der Waals surface area (Å²) in [5.41, 5.74) is -0.402. The SMILES string of the molecule is CC(Oc1ccc(C(C)(O)c2cc(Cl)c(OCCCl)c(C#N)c2)cc1)c1ocnc1S(C)(=O)=O. The molecule has 1 N–H and O–H groups in total. The molecule has 1 aromatic heterocycles. The molecule has 1 heterocycles. The lowest BCUT2D eigenvalue weighted by Crippen LogP contribution is -2.23. The summed E-state index contributed by atoms with van der Waals surface area (Å²) >= 11 is 12.0. The van der Waals surface area contributed by atoms with Crippen molar-refractivity contribution >= 4 is 33.0 Å². The highest BCUT2D eigenvalue weighted by molar-refractivity contribution is 7.90. The lowest BCUT2D eigenvalue weighted by atomic mass is 9.87. The third-order valence-electron chi connectivity index (χ3n) is 5.06. The van der Waals surface area contributed by atoms with Crippen LogP contribution in [0.5, 0.6) is 11.5 Å². The molecular formula is C23H22Cl2N2O6S. The Bertz CT molecular complexity index is 1310. The van der Waals surface area contributed by atoms with Crippen molar-refractivity contribution in [2.75, 3.05) is 18.7 Å². The predicted octanol–water partition coefficient (Wildman–Crippen LogP) is 4.62. The van der Waals surface area contributed by atoms with Crippen LogP contribution in [0.3, 0.4) is 0 Å². The fraction of sp³-hybridized carbons (Fsp3) is 0.304. The first-order valence-electron chi connectivity index (χ1n) is 10.0. The Hall–Kier alpha value is -2.77. The van der Waals surface area contributed by atoms with Crippen LogP contribution in [0.4, 0.5) is 0 Å². The molecular weight excluding hydrogens is 503 g/mol. The third-order valence-corrected chi connectivity index (χ3v) is 6.50. The van der Waals surface area contributed by atoms with Crippen molar-refractivity contribution in [3.05, 3.63) is 70.3 Å². The Kier molecular flexibility index (Phi) is 7.78. The van der Waals surface area contributed by atoms with E-state index >= 15 is 0 Å². The average Bonchev–Trinajstić information content (AvgIpc) is 3.29. The number of aromatic nitrogens is 1. The molecule has 0 fully saturated rings. The van der Waals surface area contributed by atoms with E-state index in [0.29, 0.717) is 16.9 Å². The summed E-state index contributed by atoms with van der Waals surface area (Å²) in [6.45, 7) is 3.40. The van der Waals surface area contributed by atoms with Gasteiger partial charge in [-0.2, -0.15) is 5.26 Å². The second kappa shape index (κ2) is 10.2. The molecule has 2 aromatic carbocycles. The largest absolute Gasteiger partial charge is 0.489 e. The van der Waals surface area contributed by atoms with Crippen molar-refractivity contribution in [2.45, 2.75) is 30.6 Å². The average molecular weight is 525 g/mol. The first kappa shape index (κ1) is 25.8. The minimum atomic E-state index is -3.57. The summed E-state index contributed by atoms with van der Waals surface area (Å²) in [6, 6.07) is 11.6. The van der Waals surface area contributed by atoms with E-state index in [-0.39, 0.29) is 39.6 Å². The van der Waals surface area contributed by atoms with Crippen LogP contribution in [0, 0.1) is 11.3 Å². The van der Waals surface area contributed by atoms with E-state index in [2.05, 4.69) is 4.98 Å². The van der Waals surface area contributed by atoms with E-state index in [1.165, 1.54) is 12.1 Å². The standard InChI is InChI=1S/C23H22Cl2N2O6S/c1-14(20-22(27-13-32-20)34(3,29)30)33-18-6-4-16(5-7-18)23(2,28)17-10-15(12-26)21(19(25)11-17)31-9-8-24/h4-7,10-11,13-14,28H,8-9H2,1-3H3. The number of alkyl halides is 1. The lowest BCUT2D eigenvalue weighted by Gasteiger charge is -2.26. The predicted molar refractivity (Wildman–Crippen MR) is 126 cm³/mol. The number of oxazole rings is 1. The van der Waals surface area contributed by atoms with Crippen molar-refractivity contribution in [3.8, 4) is 17.6 Å². The molecule has 0 bridgehead atoms. The highest BCUT2D eigenvalue weighted by Crippen LogP contribution is 2.37. The molecule has 34 heavy (non-hydrogen) atoms. The van der Waals surface area contributed by atoms with Gasteiger partial charge in [-0.25, -0.2) is 13.4 Å². The van der Waals surface area contributed by atoms with Gasteiger partial charge in [0.25, 0.3) is 0 Å². The zero-order valence-corrected chi connectivity index (χ0v) is 20.9. The number of ether oxygens (including phenoxy) is 2. The number of halogens is 2. The Morgan fingerprint density at radius 1 is 1.26 bits per heavy atom. The summed E-state index contributed by atoms with van der Waals surface area (Å²) < 4.78 is 40.2. The molecule has 0 saturated heterocycles. The number of aliphatic hydroxyl groups is 1. The second-order valence-electron chi connectivity index (χ2n) is 7.63. The summed E-state index contributed by atoms with van der Waals surface area (Å²) in [6.07, 6.45) is 1.37. The number of benzene rings is 2. The van der Waals surface area contributed by atoms with Crippen LogP contribution in [0.25, 0.3) is 0 Å². The molecule has 0 aliphatic heterocycles. The van der Waals surface area contributed by atoms with E-state index in [0.717, 1.165) is 12.6 Å². The first-order valence-corrected chi connectivity index (χ1v) is 12.8. The van der Waals surface area contributed by atoms with Crippen LogP contribution in [-0.4, -0.2) is 37.3 Å². The second-order valence-corrected chi connectivity index (χ2v) is 10.4. The highest BCUT2D eigenvalue weighted by Gasteiger charge is 2.29. The first-order chi connectivity index (χ1) is 16.0. The van der Waals surface area contributed by atoms with Crippen molar-refractivity contribution in [1.29, 1.82) is 5.26 Å². The third kappa shape index (κ3) is 5.47. The van der Waals surface area contributed by atoms with Crippen LogP contribution in [0.15, 0.2) is 52.2 Å². The molecule has 3 aromatic rings. The van der Waals surface area contributed by atoms with Gasteiger partial charge in [-0.3, -0.25) is 0 Å². The molecule has 180 valence electrons. The minimum absolute atomic E-state index is 0.0914. The molecule has 0 spiro atoms. The summed E-state index contributed by atoms with van der Waals surface area (Å²) in [7, 11) is -3.57. The monoisotopic (exact) mass is 524 g/mol. The van der Waals surface area contributed by atoms with Crippen LogP contribution in [0.2, 0.25) is 5.02 Å². The van der Waals surface area contributed by atoms with Crippen molar-refractivity contribution in [3.63, 3.8) is 0 Å². The maximum absolute atomic E-state index is 11.9. The maximum atomic E-state index is 11.9. The van der Waals surface area contributed by atoms with Gasteiger partial charge >= 0.3 is 0 Å². The van der Waals surface area contributed by atoms with E-state index in [1.807, 2.05) is 6.07 Å². The lowest BCUT2D eigenvalue weighted by molar-refractivity contribution is 0.102. The topological polar surface area (TPSA) is 123 Å². The molecule has 2 atom stereocenters. The maximum Gasteiger partial charge on any atom is 0.200 e. The summed E-state index contributed by atoms with van der Waals surface area (Å²) in [4.78, 5) is 3.76. The molecule has 0 amide bonds. The van der Waals surface area contributed by atoms with Gasteiger partial charge in [-0.05, 0) is 49.2 Å². The molecule has 0 radical (unpaired) electrons. The number of hydrogen-bond acceptors (Lipinski definition) is 8. The van der Waals surface area contributed by atoms with Crippen molar-refractivity contribution in [2.24, 2.45) is 0 Å². The van der Waals surface area contributed by atoms with E-state index in [9.17, 15) is 18.8 Å². The highest BCUT2D eigenvalue weighted by atomic mass is 35.5. The van der Waals surface area contributed by atoms with E-state index < -0.39 is 21.5 Å². The van der Waals surface area contributed by atoms with Crippen LogP contribution in [-0.2, 0) is 15.4 Å². The van der Waals surface area contributed by atoms with Gasteiger partial charge in [0.05, 0.1) is 16.5 Å². The van der Waals surface area contributed by atoms with E-state index in [1.54, 1.807) is 38.1 Å². The normalized spacial score (nSPS) is 14.1. The quantitative estimate of drug-likeness (QED) is 0.402. The number of sulfone groups is 1. The fourth-order valence-electron chi connectivity index (χ4n) is 3.32. The molecule has 2 unspecified atom stereocenters. The van der Waals surface area contributed by atoms with Crippen LogP contribution >= 0.6 is 23.2 Å². The van der Waals surface area contributed by atoms with Crippen LogP contribution in [0.1, 0.15) is 42.4 Å². The molecule has 3 rings (SSSR count). The van der Waals surface area contributed by atoms with Gasteiger partial charge in [0, 0.05) is 6.26 Å². The Balaban J connectivity index is 1.85. The number of nitriles is 1. The Morgan fingerprint density at radius 3 is 2.53 bits per heavy atom. The number of rotatable bonds is 9. The fourth-order valence-corrected chi connectivity index (χ4v) is 4.49. The van der Waals surface area contributed by atoms with Gasteiger partial charge in [0.15, 0.2) is 38.9 Å².